The Bertz CT molecular complexity index is 1640. The van der Waals surface area contributed by atoms with Gasteiger partial charge in [-0.2, -0.15) is 5.10 Å². The second-order valence-electron chi connectivity index (χ2n) is 11.5. The molecule has 0 N–H and O–H groups in total. The van der Waals surface area contributed by atoms with Crippen LogP contribution < -0.4 is 9.80 Å². The van der Waals surface area contributed by atoms with E-state index in [-0.39, 0.29) is 17.7 Å². The van der Waals surface area contributed by atoms with E-state index in [9.17, 15) is 14.4 Å². The molecule has 3 amide bonds. The van der Waals surface area contributed by atoms with Crippen molar-refractivity contribution in [3.8, 4) is 0 Å². The Morgan fingerprint density at radius 3 is 2.45 bits per heavy atom. The third-order valence-corrected chi connectivity index (χ3v) is 8.27. The molecule has 0 radical (unpaired) electrons. The average Bonchev–Trinajstić information content (AvgIpc) is 3.33. The van der Waals surface area contributed by atoms with Crippen LogP contribution in [0.25, 0.3) is 10.9 Å². The van der Waals surface area contributed by atoms with Crippen molar-refractivity contribution in [2.75, 3.05) is 29.9 Å². The van der Waals surface area contributed by atoms with Gasteiger partial charge in [-0.05, 0) is 69.5 Å². The zero-order valence-electron chi connectivity index (χ0n) is 25.2. The SMILES string of the molecule is CCN1C(=O)C(C)(C)C(=O)N(C)c2cc(CN(CCc3cccnc3)C(=O)C(C)c3nn(C)c4ccccc34)ccc21. The fraction of sp³-hybridized carbons (Fsp3) is 0.364. The number of carbonyl (C=O) groups excluding carboxylic acids is 3. The second kappa shape index (κ2) is 11.4. The number of para-hydroxylation sites is 1. The summed E-state index contributed by atoms with van der Waals surface area (Å²) in [4.78, 5) is 50.1. The van der Waals surface area contributed by atoms with Crippen LogP contribution in [0.5, 0.6) is 0 Å². The van der Waals surface area contributed by atoms with Crippen molar-refractivity contribution >= 4 is 40.0 Å². The standard InChI is InChI=1S/C33H38N6O3/c1-7-39-27-15-14-24(19-28(27)36(5)31(41)33(3,4)32(39)42)21-38(18-16-23-11-10-17-34-20-23)30(40)22(2)29-25-12-8-9-13-26(25)37(6)35-29/h8-15,17,19-20,22H,7,16,18,21H2,1-6H3. The molecule has 2 aromatic heterocycles. The molecule has 0 fully saturated rings. The molecule has 42 heavy (non-hydrogen) atoms. The maximum atomic E-state index is 14.2. The summed E-state index contributed by atoms with van der Waals surface area (Å²) in [5, 5.41) is 5.68. The number of amides is 3. The smallest absolute Gasteiger partial charge is 0.242 e. The maximum Gasteiger partial charge on any atom is 0.242 e. The Kier molecular flexibility index (Phi) is 7.86. The van der Waals surface area contributed by atoms with Crippen molar-refractivity contribution in [2.24, 2.45) is 12.5 Å². The Labute approximate surface area is 246 Å². The minimum atomic E-state index is -1.18. The van der Waals surface area contributed by atoms with Gasteiger partial charge in [0.2, 0.25) is 17.7 Å². The minimum Gasteiger partial charge on any atom is -0.337 e. The molecule has 5 rings (SSSR count). The van der Waals surface area contributed by atoms with Crippen LogP contribution in [-0.4, -0.2) is 57.5 Å². The summed E-state index contributed by atoms with van der Waals surface area (Å²) in [6.45, 7) is 8.43. The van der Waals surface area contributed by atoms with E-state index in [1.807, 2.05) is 91.3 Å². The molecule has 9 heteroatoms. The quantitative estimate of drug-likeness (QED) is 0.289. The number of fused-ring (bicyclic) bond motifs is 2. The lowest BCUT2D eigenvalue weighted by Gasteiger charge is -2.27. The van der Waals surface area contributed by atoms with Crippen molar-refractivity contribution in [2.45, 2.75) is 46.6 Å². The van der Waals surface area contributed by atoms with Crippen molar-refractivity contribution in [1.29, 1.82) is 0 Å². The predicted octanol–water partition coefficient (Wildman–Crippen LogP) is 4.70. The number of carbonyl (C=O) groups is 3. The lowest BCUT2D eigenvalue weighted by atomic mass is 9.90. The molecule has 0 aliphatic carbocycles. The first-order valence-electron chi connectivity index (χ1n) is 14.4. The van der Waals surface area contributed by atoms with Gasteiger partial charge in [0.25, 0.3) is 0 Å². The van der Waals surface area contributed by atoms with Gasteiger partial charge in [0.05, 0.1) is 28.5 Å². The number of aryl methyl sites for hydroxylation is 1. The lowest BCUT2D eigenvalue weighted by Crippen LogP contribution is -2.47. The molecule has 0 bridgehead atoms. The predicted molar refractivity (Wildman–Crippen MR) is 164 cm³/mol. The summed E-state index contributed by atoms with van der Waals surface area (Å²) < 4.78 is 1.82. The summed E-state index contributed by atoms with van der Waals surface area (Å²) >= 11 is 0. The van der Waals surface area contributed by atoms with Gasteiger partial charge in [0, 0.05) is 51.5 Å². The monoisotopic (exact) mass is 566 g/mol. The molecule has 3 heterocycles. The fourth-order valence-electron chi connectivity index (χ4n) is 5.80. The van der Waals surface area contributed by atoms with Crippen LogP contribution >= 0.6 is 0 Å². The molecule has 9 nitrogen and oxygen atoms in total. The summed E-state index contributed by atoms with van der Waals surface area (Å²) in [7, 11) is 3.60. The maximum absolute atomic E-state index is 14.2. The Hall–Kier alpha value is -4.53. The van der Waals surface area contributed by atoms with Crippen molar-refractivity contribution in [3.05, 3.63) is 83.8 Å². The van der Waals surface area contributed by atoms with E-state index in [4.69, 9.17) is 5.10 Å². The Morgan fingerprint density at radius 1 is 0.976 bits per heavy atom. The van der Waals surface area contributed by atoms with Crippen molar-refractivity contribution in [1.82, 2.24) is 19.7 Å². The highest BCUT2D eigenvalue weighted by atomic mass is 16.2. The van der Waals surface area contributed by atoms with Gasteiger partial charge in [-0.1, -0.05) is 30.3 Å². The van der Waals surface area contributed by atoms with Crippen LogP contribution in [0.3, 0.4) is 0 Å². The van der Waals surface area contributed by atoms with Gasteiger partial charge < -0.3 is 14.7 Å². The van der Waals surface area contributed by atoms with E-state index >= 15 is 0 Å². The van der Waals surface area contributed by atoms with Crippen LogP contribution in [0.4, 0.5) is 11.4 Å². The second-order valence-corrected chi connectivity index (χ2v) is 11.5. The average molecular weight is 567 g/mol. The number of benzene rings is 2. The van der Waals surface area contributed by atoms with Crippen LogP contribution in [0, 0.1) is 5.41 Å². The third-order valence-electron chi connectivity index (χ3n) is 8.27. The highest BCUT2D eigenvalue weighted by Crippen LogP contribution is 2.39. The summed E-state index contributed by atoms with van der Waals surface area (Å²) in [6.07, 6.45) is 4.20. The van der Waals surface area contributed by atoms with E-state index < -0.39 is 11.3 Å². The van der Waals surface area contributed by atoms with Crippen LogP contribution in [0.2, 0.25) is 0 Å². The zero-order valence-corrected chi connectivity index (χ0v) is 25.2. The zero-order chi connectivity index (χ0) is 30.2. The number of anilines is 2. The molecule has 1 aliphatic heterocycles. The number of rotatable bonds is 8. The van der Waals surface area contributed by atoms with Gasteiger partial charge >= 0.3 is 0 Å². The largest absolute Gasteiger partial charge is 0.337 e. The Morgan fingerprint density at radius 2 is 1.74 bits per heavy atom. The normalized spacial score (nSPS) is 15.5. The molecule has 218 valence electrons. The van der Waals surface area contributed by atoms with Crippen LogP contribution in [0.15, 0.2) is 67.0 Å². The number of nitrogens with zero attached hydrogens (tertiary/aromatic N) is 6. The molecular weight excluding hydrogens is 528 g/mol. The fourth-order valence-corrected chi connectivity index (χ4v) is 5.80. The van der Waals surface area contributed by atoms with E-state index in [0.29, 0.717) is 37.4 Å². The summed E-state index contributed by atoms with van der Waals surface area (Å²) in [5.41, 5.74) is 3.79. The van der Waals surface area contributed by atoms with Crippen molar-refractivity contribution < 1.29 is 14.4 Å². The van der Waals surface area contributed by atoms with Crippen LogP contribution in [-0.2, 0) is 34.4 Å². The molecule has 1 atom stereocenters. The molecular formula is C33H38N6O3. The first kappa shape index (κ1) is 29.0. The van der Waals surface area contributed by atoms with Gasteiger partial charge in [-0.3, -0.25) is 24.0 Å². The van der Waals surface area contributed by atoms with Gasteiger partial charge in [-0.25, -0.2) is 0 Å². The van der Waals surface area contributed by atoms with E-state index in [0.717, 1.165) is 27.7 Å². The van der Waals surface area contributed by atoms with Crippen LogP contribution in [0.1, 0.15) is 50.4 Å². The molecule has 1 aliphatic rings. The number of hydrogen-bond donors (Lipinski definition) is 0. The Balaban J connectivity index is 1.50. The third kappa shape index (κ3) is 5.15. The first-order chi connectivity index (χ1) is 20.0. The molecule has 0 saturated carbocycles. The highest BCUT2D eigenvalue weighted by Gasteiger charge is 2.45. The topological polar surface area (TPSA) is 91.6 Å². The summed E-state index contributed by atoms with van der Waals surface area (Å²) in [6, 6.07) is 17.6. The van der Waals surface area contributed by atoms with Gasteiger partial charge in [0.15, 0.2) is 0 Å². The highest BCUT2D eigenvalue weighted by molar-refractivity contribution is 6.19. The summed E-state index contributed by atoms with van der Waals surface area (Å²) in [5.74, 6) is -0.988. The molecule has 1 unspecified atom stereocenters. The van der Waals surface area contributed by atoms with E-state index in [1.54, 1.807) is 36.9 Å². The molecule has 0 saturated heterocycles. The number of hydrogen-bond acceptors (Lipinski definition) is 5. The van der Waals surface area contributed by atoms with E-state index in [1.165, 1.54) is 0 Å². The molecule has 0 spiro atoms. The van der Waals surface area contributed by atoms with Crippen molar-refractivity contribution in [3.63, 3.8) is 0 Å². The first-order valence-corrected chi connectivity index (χ1v) is 14.4. The lowest BCUT2D eigenvalue weighted by molar-refractivity contribution is -0.137. The minimum absolute atomic E-state index is 0.0337. The molecule has 4 aromatic rings. The van der Waals surface area contributed by atoms with Gasteiger partial charge in [-0.15, -0.1) is 0 Å². The number of pyridine rings is 1. The molecule has 2 aromatic carbocycles. The van der Waals surface area contributed by atoms with Gasteiger partial charge in [0.1, 0.15) is 5.41 Å². The number of aromatic nitrogens is 3. The van der Waals surface area contributed by atoms with E-state index in [2.05, 4.69) is 4.98 Å².